The molecule has 5 rings (SSSR count). The van der Waals surface area contributed by atoms with Crippen LogP contribution in [0, 0.1) is 0 Å². The van der Waals surface area contributed by atoms with Crippen molar-refractivity contribution in [3.8, 4) is 0 Å². The van der Waals surface area contributed by atoms with E-state index in [4.69, 9.17) is 4.99 Å². The standard InChI is InChI=1S/C23H16N2S/c1-3-9-17(10-4-1)15-22-21-16-18-11-7-8-14-20(18)25(21)23(26-22)24-19-12-5-2-6-13-19/h1-16H/b22-15-,24-23?. The fourth-order valence-corrected chi connectivity index (χ4v) is 4.31. The fourth-order valence-electron chi connectivity index (χ4n) is 3.23. The molecule has 2 aromatic heterocycles. The molecule has 0 aliphatic rings. The second-order valence-electron chi connectivity index (χ2n) is 6.18. The molecule has 0 fully saturated rings. The first-order valence-electron chi connectivity index (χ1n) is 8.58. The van der Waals surface area contributed by atoms with Crippen LogP contribution in [0.3, 0.4) is 0 Å². The lowest BCUT2D eigenvalue weighted by atomic mass is 10.2. The van der Waals surface area contributed by atoms with Crippen LogP contribution in [0.1, 0.15) is 5.56 Å². The van der Waals surface area contributed by atoms with Gasteiger partial charge in [-0.1, -0.05) is 78.1 Å². The van der Waals surface area contributed by atoms with E-state index in [0.717, 1.165) is 10.5 Å². The van der Waals surface area contributed by atoms with Gasteiger partial charge >= 0.3 is 0 Å². The van der Waals surface area contributed by atoms with E-state index in [9.17, 15) is 0 Å². The van der Waals surface area contributed by atoms with Gasteiger partial charge in [-0.15, -0.1) is 0 Å². The molecular weight excluding hydrogens is 336 g/mol. The van der Waals surface area contributed by atoms with Crippen molar-refractivity contribution in [3.63, 3.8) is 0 Å². The van der Waals surface area contributed by atoms with Crippen molar-refractivity contribution >= 4 is 39.5 Å². The topological polar surface area (TPSA) is 16.8 Å². The zero-order valence-electron chi connectivity index (χ0n) is 14.0. The minimum absolute atomic E-state index is 0.972. The number of fused-ring (bicyclic) bond motifs is 3. The number of nitrogens with zero attached hydrogens (tertiary/aromatic N) is 2. The molecule has 0 atom stereocenters. The Balaban J connectivity index is 1.88. The van der Waals surface area contributed by atoms with Crippen LogP contribution in [0.25, 0.3) is 22.5 Å². The maximum atomic E-state index is 4.92. The predicted octanol–water partition coefficient (Wildman–Crippen LogP) is 4.93. The summed E-state index contributed by atoms with van der Waals surface area (Å²) in [6.07, 6.45) is 2.24. The normalized spacial score (nSPS) is 13.1. The van der Waals surface area contributed by atoms with Gasteiger partial charge in [-0.2, -0.15) is 0 Å². The minimum Gasteiger partial charge on any atom is -0.284 e. The van der Waals surface area contributed by atoms with E-state index in [2.05, 4.69) is 65.1 Å². The van der Waals surface area contributed by atoms with Crippen LogP contribution in [0.2, 0.25) is 0 Å². The predicted molar refractivity (Wildman–Crippen MR) is 110 cm³/mol. The summed E-state index contributed by atoms with van der Waals surface area (Å²) < 4.78 is 3.49. The second kappa shape index (κ2) is 6.28. The van der Waals surface area contributed by atoms with Gasteiger partial charge in [0, 0.05) is 5.39 Å². The molecule has 124 valence electrons. The van der Waals surface area contributed by atoms with Gasteiger partial charge < -0.3 is 0 Å². The van der Waals surface area contributed by atoms with Crippen LogP contribution in [-0.4, -0.2) is 4.40 Å². The number of para-hydroxylation sites is 2. The maximum absolute atomic E-state index is 4.92. The molecule has 0 spiro atoms. The van der Waals surface area contributed by atoms with E-state index < -0.39 is 0 Å². The molecular formula is C23H16N2S. The van der Waals surface area contributed by atoms with Crippen molar-refractivity contribution < 1.29 is 0 Å². The van der Waals surface area contributed by atoms with E-state index >= 15 is 0 Å². The molecule has 0 aliphatic heterocycles. The molecule has 26 heavy (non-hydrogen) atoms. The Hall–Kier alpha value is -3.17. The number of rotatable bonds is 2. The second-order valence-corrected chi connectivity index (χ2v) is 7.18. The zero-order valence-corrected chi connectivity index (χ0v) is 14.9. The molecule has 3 aromatic carbocycles. The average Bonchev–Trinajstić information content (AvgIpc) is 3.22. The molecule has 2 nitrogen and oxygen atoms in total. The summed E-state index contributed by atoms with van der Waals surface area (Å²) in [5, 5.41) is 1.24. The van der Waals surface area contributed by atoms with E-state index in [1.165, 1.54) is 26.5 Å². The van der Waals surface area contributed by atoms with Gasteiger partial charge in [-0.3, -0.25) is 4.40 Å². The van der Waals surface area contributed by atoms with Gasteiger partial charge in [0.05, 0.1) is 21.3 Å². The summed E-state index contributed by atoms with van der Waals surface area (Å²) in [4.78, 5) is 5.91. The number of hydrogen-bond acceptors (Lipinski definition) is 2. The molecule has 0 amide bonds. The lowest BCUT2D eigenvalue weighted by molar-refractivity contribution is 1.16. The lowest BCUT2D eigenvalue weighted by Gasteiger charge is -1.93. The summed E-state index contributed by atoms with van der Waals surface area (Å²) in [5.41, 5.74) is 4.57. The molecule has 0 saturated heterocycles. The lowest BCUT2D eigenvalue weighted by Crippen LogP contribution is -2.04. The average molecular weight is 352 g/mol. The molecule has 0 radical (unpaired) electrons. The van der Waals surface area contributed by atoms with E-state index in [0.29, 0.717) is 0 Å². The molecule has 0 saturated carbocycles. The highest BCUT2D eigenvalue weighted by molar-refractivity contribution is 7.07. The number of aromatic nitrogens is 1. The van der Waals surface area contributed by atoms with Gasteiger partial charge in [0.1, 0.15) is 0 Å². The highest BCUT2D eigenvalue weighted by Gasteiger charge is 2.08. The van der Waals surface area contributed by atoms with Gasteiger partial charge in [0.2, 0.25) is 0 Å². The van der Waals surface area contributed by atoms with Crippen molar-refractivity contribution in [1.82, 2.24) is 4.40 Å². The van der Waals surface area contributed by atoms with E-state index in [-0.39, 0.29) is 0 Å². The number of thiazole rings is 1. The molecule has 3 heteroatoms. The van der Waals surface area contributed by atoms with Crippen LogP contribution < -0.4 is 9.33 Å². The van der Waals surface area contributed by atoms with Crippen molar-refractivity contribution in [1.29, 1.82) is 0 Å². The highest BCUT2D eigenvalue weighted by Crippen LogP contribution is 2.18. The van der Waals surface area contributed by atoms with Gasteiger partial charge in [0.25, 0.3) is 0 Å². The largest absolute Gasteiger partial charge is 0.284 e. The number of benzene rings is 3. The van der Waals surface area contributed by atoms with Gasteiger partial charge in [0.15, 0.2) is 4.80 Å². The maximum Gasteiger partial charge on any atom is 0.195 e. The first-order chi connectivity index (χ1) is 12.9. The van der Waals surface area contributed by atoms with Crippen molar-refractivity contribution in [2.24, 2.45) is 4.99 Å². The number of hydrogen-bond donors (Lipinski definition) is 0. The summed E-state index contributed by atoms with van der Waals surface area (Å²) in [6.45, 7) is 0. The molecule has 0 bridgehead atoms. The van der Waals surface area contributed by atoms with E-state index in [1.54, 1.807) is 11.3 Å². The monoisotopic (exact) mass is 352 g/mol. The molecule has 2 heterocycles. The van der Waals surface area contributed by atoms with Crippen LogP contribution in [-0.2, 0) is 0 Å². The summed E-state index contributed by atoms with van der Waals surface area (Å²) in [6, 6.07) is 31.3. The first kappa shape index (κ1) is 15.1. The smallest absolute Gasteiger partial charge is 0.195 e. The van der Waals surface area contributed by atoms with Crippen LogP contribution in [0.4, 0.5) is 5.69 Å². The van der Waals surface area contributed by atoms with Crippen LogP contribution >= 0.6 is 11.3 Å². The molecule has 0 N–H and O–H groups in total. The Morgan fingerprint density at radius 3 is 2.23 bits per heavy atom. The Morgan fingerprint density at radius 1 is 0.731 bits per heavy atom. The van der Waals surface area contributed by atoms with E-state index in [1.807, 2.05) is 36.4 Å². The fraction of sp³-hybridized carbons (Fsp3) is 0. The van der Waals surface area contributed by atoms with Gasteiger partial charge in [-0.05, 0) is 35.9 Å². The highest BCUT2D eigenvalue weighted by atomic mass is 32.1. The first-order valence-corrected chi connectivity index (χ1v) is 9.40. The summed E-state index contributed by atoms with van der Waals surface area (Å²) in [7, 11) is 0. The zero-order chi connectivity index (χ0) is 17.3. The van der Waals surface area contributed by atoms with Crippen LogP contribution in [0.5, 0.6) is 0 Å². The molecule has 5 aromatic rings. The SMILES string of the molecule is C(/c1ccccc1)=c1/sc(=Nc2ccccc2)n2c1cc1ccccc12. The Morgan fingerprint density at radius 2 is 1.42 bits per heavy atom. The third-order valence-electron chi connectivity index (χ3n) is 4.43. The quantitative estimate of drug-likeness (QED) is 0.428. The third kappa shape index (κ3) is 2.63. The van der Waals surface area contributed by atoms with Crippen LogP contribution in [0.15, 0.2) is 96.0 Å². The van der Waals surface area contributed by atoms with Gasteiger partial charge in [-0.25, -0.2) is 4.99 Å². The minimum atomic E-state index is 0.972. The molecule has 0 aliphatic carbocycles. The summed E-state index contributed by atoms with van der Waals surface area (Å²) in [5.74, 6) is 0. The Bertz CT molecular complexity index is 1310. The van der Waals surface area contributed by atoms with Crippen molar-refractivity contribution in [2.45, 2.75) is 0 Å². The summed E-state index contributed by atoms with van der Waals surface area (Å²) >= 11 is 1.72. The molecule has 0 unspecified atom stereocenters. The van der Waals surface area contributed by atoms with Crippen molar-refractivity contribution in [2.75, 3.05) is 0 Å². The Labute approximate surface area is 155 Å². The third-order valence-corrected chi connectivity index (χ3v) is 5.44. The Kier molecular flexibility index (Phi) is 3.65. The van der Waals surface area contributed by atoms with Crippen molar-refractivity contribution in [3.05, 3.63) is 106 Å².